The number of ether oxygens (including phenoxy) is 3. The van der Waals surface area contributed by atoms with Crippen LogP contribution in [0.2, 0.25) is 0 Å². The van der Waals surface area contributed by atoms with Crippen LogP contribution in [0.4, 0.5) is 5.69 Å². The number of nitro benzene ring substituents is 1. The van der Waals surface area contributed by atoms with Crippen molar-refractivity contribution in [2.45, 2.75) is 50.7 Å². The highest BCUT2D eigenvalue weighted by atomic mass is 79.9. The van der Waals surface area contributed by atoms with Crippen molar-refractivity contribution >= 4 is 39.3 Å². The molecule has 1 unspecified atom stereocenters. The first-order chi connectivity index (χ1) is 15.4. The third kappa shape index (κ3) is 6.72. The van der Waals surface area contributed by atoms with Crippen molar-refractivity contribution < 1.29 is 29.0 Å². The fourth-order valence-electron chi connectivity index (χ4n) is 3.61. The van der Waals surface area contributed by atoms with Gasteiger partial charge in [-0.2, -0.15) is 0 Å². The Morgan fingerprint density at radius 1 is 1.38 bits per heavy atom. The molecule has 180 valence electrons. The molecule has 0 aromatic heterocycles. The zero-order valence-electron chi connectivity index (χ0n) is 18.6. The molecule has 1 heterocycles. The van der Waals surface area contributed by atoms with E-state index in [1.165, 1.54) is 24.1 Å². The third-order valence-electron chi connectivity index (χ3n) is 5.05. The molecule has 0 bridgehead atoms. The lowest BCUT2D eigenvalue weighted by Gasteiger charge is -2.30. The van der Waals surface area contributed by atoms with Gasteiger partial charge in [-0.15, -0.1) is 11.8 Å². The van der Waals surface area contributed by atoms with Crippen molar-refractivity contribution in [3.05, 3.63) is 27.8 Å². The summed E-state index contributed by atoms with van der Waals surface area (Å²) in [4.78, 5) is 26.2. The number of carbonyl (C=O) groups excluding carboxylic acids is 1. The number of thioether (sulfide) groups is 1. The van der Waals surface area contributed by atoms with Gasteiger partial charge >= 0.3 is 0 Å². The summed E-state index contributed by atoms with van der Waals surface area (Å²) in [6.45, 7) is 4.77. The highest BCUT2D eigenvalue weighted by Crippen LogP contribution is 2.37. The van der Waals surface area contributed by atoms with Gasteiger partial charge in [0.15, 0.2) is 11.5 Å². The standard InChI is InChI=1S/C21H31BrN2O7S/c1-4-30-21(32-5-2)17-10-14(25)13-23(17)20(26)15-11-18(29-3)19(12-16(15)24(27)28)31-9-7-6-8-22/h11-12,14,17,21,25H,4-10,13H2,1-3H3/t14-,17+,21?/m1/s1. The monoisotopic (exact) mass is 534 g/mol. The van der Waals surface area contributed by atoms with E-state index in [-0.39, 0.29) is 34.7 Å². The van der Waals surface area contributed by atoms with Crippen LogP contribution in [0.1, 0.15) is 43.5 Å². The van der Waals surface area contributed by atoms with Crippen molar-refractivity contribution in [3.8, 4) is 11.5 Å². The lowest BCUT2D eigenvalue weighted by atomic mass is 10.1. The molecule has 0 saturated carbocycles. The molecule has 2 rings (SSSR count). The number of rotatable bonds is 13. The van der Waals surface area contributed by atoms with Gasteiger partial charge in [0.2, 0.25) is 0 Å². The third-order valence-corrected chi connectivity index (χ3v) is 6.73. The smallest absolute Gasteiger partial charge is 0.286 e. The van der Waals surface area contributed by atoms with Crippen LogP contribution in [0, 0.1) is 10.1 Å². The Morgan fingerprint density at radius 3 is 2.72 bits per heavy atom. The predicted molar refractivity (Wildman–Crippen MR) is 127 cm³/mol. The van der Waals surface area contributed by atoms with Gasteiger partial charge in [0, 0.05) is 24.5 Å². The van der Waals surface area contributed by atoms with E-state index in [1.807, 2.05) is 13.8 Å². The molecule has 0 spiro atoms. The number of methoxy groups -OCH3 is 1. The van der Waals surface area contributed by atoms with Crippen molar-refractivity contribution in [2.24, 2.45) is 0 Å². The second-order valence-corrected chi connectivity index (χ2v) is 9.38. The largest absolute Gasteiger partial charge is 0.493 e. The van der Waals surface area contributed by atoms with Crippen LogP contribution in [0.5, 0.6) is 11.5 Å². The summed E-state index contributed by atoms with van der Waals surface area (Å²) in [6.07, 6.45) is 1.30. The summed E-state index contributed by atoms with van der Waals surface area (Å²) in [5, 5.41) is 22.9. The second kappa shape index (κ2) is 13.2. The Bertz CT molecular complexity index is 777. The highest BCUT2D eigenvalue weighted by Gasteiger charge is 2.42. The van der Waals surface area contributed by atoms with Crippen molar-refractivity contribution in [3.63, 3.8) is 0 Å². The summed E-state index contributed by atoms with van der Waals surface area (Å²) in [5.74, 6) is 0.702. The Labute approximate surface area is 201 Å². The number of aliphatic hydroxyl groups excluding tert-OH is 1. The Morgan fingerprint density at radius 2 is 2.12 bits per heavy atom. The van der Waals surface area contributed by atoms with Crippen LogP contribution >= 0.6 is 27.7 Å². The number of carbonyl (C=O) groups is 1. The molecular formula is C21H31BrN2O7S. The van der Waals surface area contributed by atoms with Crippen molar-refractivity contribution in [1.82, 2.24) is 4.90 Å². The first-order valence-electron chi connectivity index (χ1n) is 10.6. The van der Waals surface area contributed by atoms with Gasteiger partial charge in [-0.25, -0.2) is 0 Å². The van der Waals surface area contributed by atoms with Crippen LogP contribution in [0.25, 0.3) is 0 Å². The number of alkyl halides is 1. The first-order valence-corrected chi connectivity index (χ1v) is 12.8. The van der Waals surface area contributed by atoms with Gasteiger partial charge in [0.25, 0.3) is 11.6 Å². The Kier molecular flexibility index (Phi) is 11.0. The molecule has 9 nitrogen and oxygen atoms in total. The number of hydrogen-bond donors (Lipinski definition) is 1. The number of benzene rings is 1. The van der Waals surface area contributed by atoms with E-state index in [2.05, 4.69) is 15.9 Å². The van der Waals surface area contributed by atoms with Crippen LogP contribution in [0.3, 0.4) is 0 Å². The fraction of sp³-hybridized carbons (Fsp3) is 0.667. The molecule has 1 saturated heterocycles. The number of likely N-dealkylation sites (tertiary alicyclic amines) is 1. The Balaban J connectivity index is 2.38. The maximum atomic E-state index is 13.5. The molecule has 1 N–H and O–H groups in total. The first kappa shape index (κ1) is 26.7. The van der Waals surface area contributed by atoms with Gasteiger partial charge in [-0.1, -0.05) is 22.9 Å². The lowest BCUT2D eigenvalue weighted by Crippen LogP contribution is -2.43. The minimum Gasteiger partial charge on any atom is -0.493 e. The normalized spacial score (nSPS) is 19.1. The van der Waals surface area contributed by atoms with E-state index in [0.29, 0.717) is 19.6 Å². The van der Waals surface area contributed by atoms with Crippen molar-refractivity contribution in [1.29, 1.82) is 0 Å². The average Bonchev–Trinajstić information content (AvgIpc) is 3.17. The van der Waals surface area contributed by atoms with Gasteiger partial charge in [-0.05, 0) is 31.9 Å². The SMILES string of the molecule is CCOC(SCC)[C@@H]1C[C@@H](O)CN1C(=O)c1cc(OC)c(OCCCCBr)cc1[N+](=O)[O-]. The summed E-state index contributed by atoms with van der Waals surface area (Å²) in [6, 6.07) is 2.20. The van der Waals surface area contributed by atoms with Gasteiger partial charge in [0.1, 0.15) is 11.0 Å². The number of aliphatic hydroxyl groups is 1. The van der Waals surface area contributed by atoms with Crippen LogP contribution < -0.4 is 9.47 Å². The number of unbranched alkanes of at least 4 members (excludes halogenated alkanes) is 1. The number of amides is 1. The van der Waals surface area contributed by atoms with E-state index in [1.54, 1.807) is 11.8 Å². The minimum atomic E-state index is -0.720. The maximum absolute atomic E-state index is 13.5. The second-order valence-electron chi connectivity index (χ2n) is 7.22. The van der Waals surface area contributed by atoms with E-state index >= 15 is 0 Å². The number of β-amino-alcohol motifs (C(OH)–C–C–N with tert-alkyl or cyclic N) is 1. The molecule has 0 radical (unpaired) electrons. The van der Waals surface area contributed by atoms with Crippen molar-refractivity contribution in [2.75, 3.05) is 38.0 Å². The molecule has 0 aliphatic carbocycles. The van der Waals surface area contributed by atoms with Gasteiger partial charge < -0.3 is 24.2 Å². The fourth-order valence-corrected chi connectivity index (χ4v) is 5.05. The number of halogens is 1. The molecule has 1 aliphatic rings. The van der Waals surface area contributed by atoms with E-state index in [4.69, 9.17) is 14.2 Å². The van der Waals surface area contributed by atoms with E-state index in [0.717, 1.165) is 23.9 Å². The molecule has 1 aromatic carbocycles. The molecule has 1 aliphatic heterocycles. The predicted octanol–water partition coefficient (Wildman–Crippen LogP) is 3.85. The molecule has 32 heavy (non-hydrogen) atoms. The molecule has 1 fully saturated rings. The van der Waals surface area contributed by atoms with Gasteiger partial charge in [0.05, 0.1) is 36.9 Å². The number of hydrogen-bond acceptors (Lipinski definition) is 8. The molecule has 3 atom stereocenters. The zero-order chi connectivity index (χ0) is 23.7. The Hall–Kier alpha value is -1.56. The van der Waals surface area contributed by atoms with Crippen LogP contribution in [-0.2, 0) is 4.74 Å². The average molecular weight is 535 g/mol. The van der Waals surface area contributed by atoms with Crippen LogP contribution in [-0.4, -0.2) is 76.4 Å². The summed E-state index contributed by atoms with van der Waals surface area (Å²) < 4.78 is 16.9. The minimum absolute atomic E-state index is 0.0849. The highest BCUT2D eigenvalue weighted by molar-refractivity contribution is 9.09. The lowest BCUT2D eigenvalue weighted by molar-refractivity contribution is -0.385. The quantitative estimate of drug-likeness (QED) is 0.133. The van der Waals surface area contributed by atoms with Crippen LogP contribution in [0.15, 0.2) is 12.1 Å². The molecular weight excluding hydrogens is 504 g/mol. The summed E-state index contributed by atoms with van der Waals surface area (Å²) >= 11 is 4.89. The summed E-state index contributed by atoms with van der Waals surface area (Å²) in [5.41, 5.74) is -0.790. The molecule has 1 amide bonds. The maximum Gasteiger partial charge on any atom is 0.286 e. The van der Waals surface area contributed by atoms with E-state index in [9.17, 15) is 20.0 Å². The molecule has 1 aromatic rings. The topological polar surface area (TPSA) is 111 Å². The molecule has 11 heteroatoms. The zero-order valence-corrected chi connectivity index (χ0v) is 21.0. The summed E-state index contributed by atoms with van der Waals surface area (Å²) in [7, 11) is 1.42. The number of nitrogens with zero attached hydrogens (tertiary/aromatic N) is 2. The number of nitro groups is 1. The van der Waals surface area contributed by atoms with E-state index < -0.39 is 23.0 Å². The van der Waals surface area contributed by atoms with Gasteiger partial charge in [-0.3, -0.25) is 14.9 Å².